The van der Waals surface area contributed by atoms with Crippen molar-refractivity contribution >= 4 is 29.1 Å². The monoisotopic (exact) mass is 387 g/mol. The lowest BCUT2D eigenvalue weighted by atomic mass is 10.1. The van der Waals surface area contributed by atoms with Gasteiger partial charge in [0.1, 0.15) is 12.4 Å². The van der Waals surface area contributed by atoms with E-state index in [1.807, 2.05) is 48.9 Å². The summed E-state index contributed by atoms with van der Waals surface area (Å²) in [5, 5.41) is 9.42. The number of halogens is 1. The number of nitrogens with zero attached hydrogens (tertiary/aromatic N) is 3. The minimum absolute atomic E-state index is 0.0672. The predicted octanol–water partition coefficient (Wildman–Crippen LogP) is 4.41. The Bertz CT molecular complexity index is 882. The van der Waals surface area contributed by atoms with Gasteiger partial charge in [0.15, 0.2) is 16.8 Å². The van der Waals surface area contributed by atoms with E-state index in [0.717, 1.165) is 0 Å². The summed E-state index contributed by atoms with van der Waals surface area (Å²) in [7, 11) is 1.86. The summed E-state index contributed by atoms with van der Waals surface area (Å²) < 4.78 is 7.55. The average Bonchev–Trinajstić information content (AvgIpc) is 3.01. The molecule has 3 rings (SSSR count). The van der Waals surface area contributed by atoms with Gasteiger partial charge in [0.2, 0.25) is 0 Å². The van der Waals surface area contributed by atoms with E-state index < -0.39 is 0 Å². The molecule has 0 radical (unpaired) electrons. The zero-order valence-corrected chi connectivity index (χ0v) is 16.0. The van der Waals surface area contributed by atoms with Crippen LogP contribution in [-0.4, -0.2) is 25.8 Å². The van der Waals surface area contributed by atoms with E-state index in [0.29, 0.717) is 27.3 Å². The Balaban J connectivity index is 1.63. The van der Waals surface area contributed by atoms with Crippen LogP contribution in [0.4, 0.5) is 0 Å². The number of Topliss-reactive ketones (excluding diaryl/α,β-unsaturated/α-hetero) is 1. The van der Waals surface area contributed by atoms with Crippen LogP contribution in [0, 0.1) is 0 Å². The standard InChI is InChI=1S/C19H18ClN3O2S/c1-13(18(24)14-6-4-3-5-7-14)26-19-22-21-17(23(19)2)12-25-16-10-8-15(20)9-11-16/h3-11,13H,12H2,1-2H3. The molecule has 0 N–H and O–H groups in total. The molecule has 1 aromatic heterocycles. The molecule has 1 heterocycles. The lowest BCUT2D eigenvalue weighted by Crippen LogP contribution is -2.14. The zero-order valence-electron chi connectivity index (χ0n) is 14.4. The summed E-state index contributed by atoms with van der Waals surface area (Å²) in [6.07, 6.45) is 0. The molecule has 0 aliphatic carbocycles. The smallest absolute Gasteiger partial charge is 0.191 e. The Morgan fingerprint density at radius 1 is 1.15 bits per heavy atom. The molecule has 5 nitrogen and oxygen atoms in total. The molecule has 0 saturated carbocycles. The van der Waals surface area contributed by atoms with E-state index in [1.165, 1.54) is 11.8 Å². The van der Waals surface area contributed by atoms with Crippen molar-refractivity contribution in [1.29, 1.82) is 0 Å². The number of rotatable bonds is 7. The maximum Gasteiger partial charge on any atom is 0.191 e. The van der Waals surface area contributed by atoms with Gasteiger partial charge in [-0.15, -0.1) is 10.2 Å². The number of ketones is 1. The molecule has 2 aromatic carbocycles. The van der Waals surface area contributed by atoms with Crippen LogP contribution in [0.5, 0.6) is 5.75 Å². The molecule has 3 aromatic rings. The van der Waals surface area contributed by atoms with Crippen LogP contribution in [0.15, 0.2) is 59.8 Å². The van der Waals surface area contributed by atoms with E-state index in [2.05, 4.69) is 10.2 Å². The van der Waals surface area contributed by atoms with E-state index in [-0.39, 0.29) is 17.6 Å². The molecule has 0 aliphatic rings. The minimum atomic E-state index is -0.259. The lowest BCUT2D eigenvalue weighted by molar-refractivity contribution is 0.0994. The summed E-state index contributed by atoms with van der Waals surface area (Å²) in [6, 6.07) is 16.4. The Morgan fingerprint density at radius 2 is 1.85 bits per heavy atom. The summed E-state index contributed by atoms with van der Waals surface area (Å²) in [5.74, 6) is 1.46. The fourth-order valence-electron chi connectivity index (χ4n) is 2.30. The summed E-state index contributed by atoms with van der Waals surface area (Å²) in [6.45, 7) is 2.16. The molecular weight excluding hydrogens is 370 g/mol. The fourth-order valence-corrected chi connectivity index (χ4v) is 3.34. The van der Waals surface area contributed by atoms with Crippen LogP contribution in [-0.2, 0) is 13.7 Å². The summed E-state index contributed by atoms with van der Waals surface area (Å²) in [5.41, 5.74) is 0.695. The zero-order chi connectivity index (χ0) is 18.5. The second-order valence-corrected chi connectivity index (χ2v) is 7.44. The Kier molecular flexibility index (Phi) is 5.96. The molecular formula is C19H18ClN3O2S. The molecule has 0 fully saturated rings. The average molecular weight is 388 g/mol. The second kappa shape index (κ2) is 8.38. The highest BCUT2D eigenvalue weighted by Crippen LogP contribution is 2.24. The molecule has 0 bridgehead atoms. The first-order valence-electron chi connectivity index (χ1n) is 8.07. The maximum atomic E-state index is 12.5. The third-order valence-corrected chi connectivity index (χ3v) is 5.20. The van der Waals surface area contributed by atoms with Crippen LogP contribution in [0.25, 0.3) is 0 Å². The third-order valence-electron chi connectivity index (χ3n) is 3.82. The molecule has 0 saturated heterocycles. The van der Waals surface area contributed by atoms with Crippen LogP contribution in [0.2, 0.25) is 5.02 Å². The van der Waals surface area contributed by atoms with E-state index in [1.54, 1.807) is 24.3 Å². The number of ether oxygens (including phenoxy) is 1. The molecule has 7 heteroatoms. The van der Waals surface area contributed by atoms with Crippen molar-refractivity contribution in [2.75, 3.05) is 0 Å². The molecule has 0 spiro atoms. The van der Waals surface area contributed by atoms with Crippen molar-refractivity contribution < 1.29 is 9.53 Å². The summed E-state index contributed by atoms with van der Waals surface area (Å²) >= 11 is 7.25. The SMILES string of the molecule is CC(Sc1nnc(COc2ccc(Cl)cc2)n1C)C(=O)c1ccccc1. The number of hydrogen-bond donors (Lipinski definition) is 0. The van der Waals surface area contributed by atoms with Gasteiger partial charge in [0.25, 0.3) is 0 Å². The molecule has 1 atom stereocenters. The second-order valence-electron chi connectivity index (χ2n) is 5.69. The Labute approximate surface area is 161 Å². The first-order valence-corrected chi connectivity index (χ1v) is 9.33. The first kappa shape index (κ1) is 18.5. The lowest BCUT2D eigenvalue weighted by Gasteiger charge is -2.10. The van der Waals surface area contributed by atoms with Gasteiger partial charge in [0, 0.05) is 17.6 Å². The van der Waals surface area contributed by atoms with Gasteiger partial charge >= 0.3 is 0 Å². The van der Waals surface area contributed by atoms with Gasteiger partial charge < -0.3 is 9.30 Å². The highest BCUT2D eigenvalue weighted by atomic mass is 35.5. The number of aromatic nitrogens is 3. The van der Waals surface area contributed by atoms with Crippen LogP contribution >= 0.6 is 23.4 Å². The highest BCUT2D eigenvalue weighted by Gasteiger charge is 2.20. The normalized spacial score (nSPS) is 12.0. The van der Waals surface area contributed by atoms with Gasteiger partial charge in [-0.05, 0) is 31.2 Å². The van der Waals surface area contributed by atoms with Crippen molar-refractivity contribution in [3.05, 3.63) is 71.0 Å². The van der Waals surface area contributed by atoms with Gasteiger partial charge in [-0.1, -0.05) is 53.7 Å². The predicted molar refractivity (Wildman–Crippen MR) is 103 cm³/mol. The molecule has 0 aliphatic heterocycles. The van der Waals surface area contributed by atoms with E-state index in [9.17, 15) is 4.79 Å². The molecule has 134 valence electrons. The van der Waals surface area contributed by atoms with Crippen LogP contribution in [0.3, 0.4) is 0 Å². The van der Waals surface area contributed by atoms with E-state index in [4.69, 9.17) is 16.3 Å². The van der Waals surface area contributed by atoms with Crippen molar-refractivity contribution in [1.82, 2.24) is 14.8 Å². The van der Waals surface area contributed by atoms with E-state index >= 15 is 0 Å². The topological polar surface area (TPSA) is 57.0 Å². The molecule has 0 amide bonds. The van der Waals surface area contributed by atoms with Crippen molar-refractivity contribution in [3.63, 3.8) is 0 Å². The largest absolute Gasteiger partial charge is 0.486 e. The molecule has 26 heavy (non-hydrogen) atoms. The summed E-state index contributed by atoms with van der Waals surface area (Å²) in [4.78, 5) is 12.5. The van der Waals surface area contributed by atoms with Gasteiger partial charge in [-0.2, -0.15) is 0 Å². The number of carbonyl (C=O) groups excluding carboxylic acids is 1. The Hall–Kier alpha value is -2.31. The number of hydrogen-bond acceptors (Lipinski definition) is 5. The van der Waals surface area contributed by atoms with Crippen LogP contribution in [0.1, 0.15) is 23.1 Å². The van der Waals surface area contributed by atoms with Crippen molar-refractivity contribution in [3.8, 4) is 5.75 Å². The Morgan fingerprint density at radius 3 is 2.54 bits per heavy atom. The number of thioether (sulfide) groups is 1. The molecule has 1 unspecified atom stereocenters. The van der Waals surface area contributed by atoms with Gasteiger partial charge in [0.05, 0.1) is 5.25 Å². The quantitative estimate of drug-likeness (QED) is 0.444. The number of benzene rings is 2. The van der Waals surface area contributed by atoms with Gasteiger partial charge in [-0.25, -0.2) is 0 Å². The van der Waals surface area contributed by atoms with Crippen molar-refractivity contribution in [2.45, 2.75) is 23.9 Å². The maximum absolute atomic E-state index is 12.5. The van der Waals surface area contributed by atoms with Crippen LogP contribution < -0.4 is 4.74 Å². The fraction of sp³-hybridized carbons (Fsp3) is 0.211. The van der Waals surface area contributed by atoms with Gasteiger partial charge in [-0.3, -0.25) is 4.79 Å². The van der Waals surface area contributed by atoms with Crippen molar-refractivity contribution in [2.24, 2.45) is 7.05 Å². The third kappa shape index (κ3) is 4.45. The first-order chi connectivity index (χ1) is 12.5. The number of carbonyl (C=O) groups is 1. The minimum Gasteiger partial charge on any atom is -0.486 e. The highest BCUT2D eigenvalue weighted by molar-refractivity contribution is 8.00.